The zero-order valence-corrected chi connectivity index (χ0v) is 13.1. The molecule has 0 aliphatic rings. The van der Waals surface area contributed by atoms with Gasteiger partial charge < -0.3 is 14.8 Å². The van der Waals surface area contributed by atoms with Gasteiger partial charge in [0.25, 0.3) is 5.91 Å². The van der Waals surface area contributed by atoms with Gasteiger partial charge in [0.2, 0.25) is 0 Å². The van der Waals surface area contributed by atoms with Gasteiger partial charge in [-0.25, -0.2) is 0 Å². The topological polar surface area (TPSA) is 47.6 Å². The van der Waals surface area contributed by atoms with Crippen molar-refractivity contribution in [3.8, 4) is 11.5 Å². The van der Waals surface area contributed by atoms with Crippen LogP contribution in [0.5, 0.6) is 11.5 Å². The van der Waals surface area contributed by atoms with E-state index in [2.05, 4.69) is 5.32 Å². The molecule has 0 saturated carbocycles. The molecule has 0 heterocycles. The third kappa shape index (κ3) is 4.18. The van der Waals surface area contributed by atoms with Crippen LogP contribution in [-0.2, 0) is 6.18 Å². The number of hydrogen-bond donors (Lipinski definition) is 1. The van der Waals surface area contributed by atoms with Crippen molar-refractivity contribution < 1.29 is 27.4 Å². The first kappa shape index (κ1) is 17.7. The number of rotatable bonds is 5. The molecule has 0 aliphatic carbocycles. The number of carbonyl (C=O) groups excluding carboxylic acids is 1. The van der Waals surface area contributed by atoms with E-state index in [4.69, 9.17) is 9.47 Å². The predicted octanol–water partition coefficient (Wildman–Crippen LogP) is 4.37. The average Bonchev–Trinajstić information content (AvgIpc) is 2.54. The zero-order valence-electron chi connectivity index (χ0n) is 13.1. The van der Waals surface area contributed by atoms with Gasteiger partial charge in [0.05, 0.1) is 19.3 Å². The average molecular weight is 339 g/mol. The third-order valence-corrected chi connectivity index (χ3v) is 3.17. The highest BCUT2D eigenvalue weighted by atomic mass is 19.4. The lowest BCUT2D eigenvalue weighted by atomic mass is 10.1. The first-order valence-electron chi connectivity index (χ1n) is 7.14. The molecule has 128 valence electrons. The van der Waals surface area contributed by atoms with Gasteiger partial charge in [-0.3, -0.25) is 4.79 Å². The van der Waals surface area contributed by atoms with Gasteiger partial charge in [0.1, 0.15) is 0 Å². The van der Waals surface area contributed by atoms with Crippen LogP contribution < -0.4 is 14.8 Å². The summed E-state index contributed by atoms with van der Waals surface area (Å²) in [7, 11) is 1.47. The molecule has 2 aromatic rings. The Balaban J connectivity index is 2.22. The summed E-state index contributed by atoms with van der Waals surface area (Å²) in [5, 5.41) is 2.44. The molecule has 7 heteroatoms. The fourth-order valence-corrected chi connectivity index (χ4v) is 2.06. The standard InChI is InChI=1S/C17H16F3NO3/c1-3-24-15-9-11(7-8-14(15)23-2)16(22)21-13-6-4-5-12(10-13)17(18,19)20/h4-10H,3H2,1-2H3,(H,21,22). The maximum absolute atomic E-state index is 12.7. The van der Waals surface area contributed by atoms with E-state index < -0.39 is 17.6 Å². The van der Waals surface area contributed by atoms with Gasteiger partial charge >= 0.3 is 6.18 Å². The van der Waals surface area contributed by atoms with Gasteiger partial charge in [-0.2, -0.15) is 13.2 Å². The first-order valence-corrected chi connectivity index (χ1v) is 7.14. The van der Waals surface area contributed by atoms with Crippen LogP contribution in [0.15, 0.2) is 42.5 Å². The van der Waals surface area contributed by atoms with Crippen molar-refractivity contribution in [1.82, 2.24) is 0 Å². The van der Waals surface area contributed by atoms with Crippen molar-refractivity contribution in [2.24, 2.45) is 0 Å². The van der Waals surface area contributed by atoms with Crippen molar-refractivity contribution in [2.75, 3.05) is 19.0 Å². The summed E-state index contributed by atoms with van der Waals surface area (Å²) in [6.07, 6.45) is -4.47. The highest BCUT2D eigenvalue weighted by Crippen LogP contribution is 2.31. The summed E-state index contributed by atoms with van der Waals surface area (Å²) in [5.41, 5.74) is -0.523. The summed E-state index contributed by atoms with van der Waals surface area (Å²) in [5.74, 6) is 0.307. The molecule has 0 unspecified atom stereocenters. The van der Waals surface area contributed by atoms with Crippen LogP contribution in [0.3, 0.4) is 0 Å². The summed E-state index contributed by atoms with van der Waals surface area (Å²) < 4.78 is 48.6. The maximum Gasteiger partial charge on any atom is 0.416 e. The summed E-state index contributed by atoms with van der Waals surface area (Å²) in [4.78, 5) is 12.2. The fraction of sp³-hybridized carbons (Fsp3) is 0.235. The number of methoxy groups -OCH3 is 1. The normalized spacial score (nSPS) is 11.0. The molecule has 2 rings (SSSR count). The summed E-state index contributed by atoms with van der Waals surface area (Å²) in [6.45, 7) is 2.17. The molecule has 0 fully saturated rings. The number of amides is 1. The van der Waals surface area contributed by atoms with Crippen LogP contribution >= 0.6 is 0 Å². The minimum atomic E-state index is -4.47. The number of nitrogens with one attached hydrogen (secondary N) is 1. The lowest BCUT2D eigenvalue weighted by molar-refractivity contribution is -0.137. The highest BCUT2D eigenvalue weighted by molar-refractivity contribution is 6.04. The molecule has 1 N–H and O–H groups in total. The Kier molecular flexibility index (Phi) is 5.33. The highest BCUT2D eigenvalue weighted by Gasteiger charge is 2.30. The Morgan fingerprint density at radius 1 is 1.12 bits per heavy atom. The molecular weight excluding hydrogens is 323 g/mol. The molecule has 4 nitrogen and oxygen atoms in total. The largest absolute Gasteiger partial charge is 0.493 e. The molecule has 0 bridgehead atoms. The Labute approximate surface area is 137 Å². The van der Waals surface area contributed by atoms with Gasteiger partial charge in [-0.05, 0) is 43.3 Å². The summed E-state index contributed by atoms with van der Waals surface area (Å²) >= 11 is 0. The van der Waals surface area contributed by atoms with Crippen molar-refractivity contribution in [1.29, 1.82) is 0 Å². The van der Waals surface area contributed by atoms with Crippen LogP contribution in [0.25, 0.3) is 0 Å². The smallest absolute Gasteiger partial charge is 0.416 e. The number of carbonyl (C=O) groups is 1. The fourth-order valence-electron chi connectivity index (χ4n) is 2.06. The minimum absolute atomic E-state index is 0.0589. The summed E-state index contributed by atoms with van der Waals surface area (Å²) in [6, 6.07) is 8.99. The van der Waals surface area contributed by atoms with Gasteiger partial charge in [-0.15, -0.1) is 0 Å². The van der Waals surface area contributed by atoms with Crippen LogP contribution in [0.2, 0.25) is 0 Å². The number of anilines is 1. The quantitative estimate of drug-likeness (QED) is 0.880. The molecule has 2 aromatic carbocycles. The molecule has 24 heavy (non-hydrogen) atoms. The van der Waals surface area contributed by atoms with Crippen molar-refractivity contribution >= 4 is 11.6 Å². The van der Waals surface area contributed by atoms with Gasteiger partial charge in [-0.1, -0.05) is 6.07 Å². The molecule has 0 atom stereocenters. The zero-order chi connectivity index (χ0) is 17.7. The Morgan fingerprint density at radius 2 is 1.88 bits per heavy atom. The van der Waals surface area contributed by atoms with E-state index in [1.165, 1.54) is 31.4 Å². The Morgan fingerprint density at radius 3 is 2.50 bits per heavy atom. The van der Waals surface area contributed by atoms with Crippen LogP contribution in [-0.4, -0.2) is 19.6 Å². The number of halogens is 3. The van der Waals surface area contributed by atoms with E-state index in [0.29, 0.717) is 18.1 Å². The first-order chi connectivity index (χ1) is 11.3. The maximum atomic E-state index is 12.7. The molecule has 0 aliphatic heterocycles. The van der Waals surface area contributed by atoms with E-state index in [-0.39, 0.29) is 11.3 Å². The number of benzene rings is 2. The van der Waals surface area contributed by atoms with E-state index in [0.717, 1.165) is 12.1 Å². The molecular formula is C17H16F3NO3. The molecule has 0 radical (unpaired) electrons. The second-order valence-corrected chi connectivity index (χ2v) is 4.83. The van der Waals surface area contributed by atoms with Crippen LogP contribution in [0, 0.1) is 0 Å². The van der Waals surface area contributed by atoms with Crippen molar-refractivity contribution in [2.45, 2.75) is 13.1 Å². The lowest BCUT2D eigenvalue weighted by Gasteiger charge is -2.12. The predicted molar refractivity (Wildman–Crippen MR) is 83.6 cm³/mol. The van der Waals surface area contributed by atoms with E-state index in [1.54, 1.807) is 13.0 Å². The Bertz CT molecular complexity index is 729. The van der Waals surface area contributed by atoms with Crippen molar-refractivity contribution in [3.05, 3.63) is 53.6 Å². The van der Waals surface area contributed by atoms with Crippen molar-refractivity contribution in [3.63, 3.8) is 0 Å². The van der Waals surface area contributed by atoms with Crippen LogP contribution in [0.4, 0.5) is 18.9 Å². The molecule has 0 aromatic heterocycles. The molecule has 0 spiro atoms. The minimum Gasteiger partial charge on any atom is -0.493 e. The third-order valence-electron chi connectivity index (χ3n) is 3.17. The Hall–Kier alpha value is -2.70. The molecule has 1 amide bonds. The van der Waals surface area contributed by atoms with E-state index in [9.17, 15) is 18.0 Å². The monoisotopic (exact) mass is 339 g/mol. The second kappa shape index (κ2) is 7.25. The molecule has 0 saturated heterocycles. The van der Waals surface area contributed by atoms with Crippen LogP contribution in [0.1, 0.15) is 22.8 Å². The number of hydrogen-bond acceptors (Lipinski definition) is 3. The van der Waals surface area contributed by atoms with E-state index >= 15 is 0 Å². The second-order valence-electron chi connectivity index (χ2n) is 4.83. The van der Waals surface area contributed by atoms with E-state index in [1.807, 2.05) is 0 Å². The number of alkyl halides is 3. The number of ether oxygens (including phenoxy) is 2. The van der Waals surface area contributed by atoms with Gasteiger partial charge in [0.15, 0.2) is 11.5 Å². The lowest BCUT2D eigenvalue weighted by Crippen LogP contribution is -2.13. The SMILES string of the molecule is CCOc1cc(C(=O)Nc2cccc(C(F)(F)F)c2)ccc1OC. The van der Waals surface area contributed by atoms with Gasteiger partial charge in [0, 0.05) is 11.3 Å².